The smallest absolute Gasteiger partial charge is 0.119 e. The third kappa shape index (κ3) is 3.09. The molecule has 94 valence electrons. The van der Waals surface area contributed by atoms with Crippen molar-refractivity contribution in [2.75, 3.05) is 7.11 Å². The van der Waals surface area contributed by atoms with E-state index in [9.17, 15) is 0 Å². The molecule has 3 heteroatoms. The van der Waals surface area contributed by atoms with Crippen molar-refractivity contribution in [3.05, 3.63) is 65.7 Å². The zero-order valence-electron chi connectivity index (χ0n) is 10.5. The Morgan fingerprint density at radius 2 is 1.89 bits per heavy atom. The van der Waals surface area contributed by atoms with Crippen LogP contribution in [0.2, 0.25) is 0 Å². The lowest BCUT2D eigenvalue weighted by Crippen LogP contribution is -2.29. The highest BCUT2D eigenvalue weighted by molar-refractivity contribution is 5.30. The van der Waals surface area contributed by atoms with Gasteiger partial charge in [-0.15, -0.1) is 0 Å². The summed E-state index contributed by atoms with van der Waals surface area (Å²) in [6, 6.07) is 18.3. The summed E-state index contributed by atoms with van der Waals surface area (Å²) in [6.07, 6.45) is 0.831. The normalized spacial score (nSPS) is 12.1. The molecule has 0 aliphatic heterocycles. The average Bonchev–Trinajstić information content (AvgIpc) is 2.46. The molecular weight excluding hydrogens is 224 g/mol. The molecule has 3 nitrogen and oxygen atoms in total. The number of benzene rings is 2. The number of methoxy groups -OCH3 is 1. The molecule has 18 heavy (non-hydrogen) atoms. The van der Waals surface area contributed by atoms with E-state index in [2.05, 4.69) is 23.6 Å². The summed E-state index contributed by atoms with van der Waals surface area (Å²) >= 11 is 0. The van der Waals surface area contributed by atoms with Crippen molar-refractivity contribution >= 4 is 0 Å². The summed E-state index contributed by atoms with van der Waals surface area (Å²) in [4.78, 5) is 0. The molecule has 0 aliphatic carbocycles. The van der Waals surface area contributed by atoms with Gasteiger partial charge in [-0.3, -0.25) is 11.3 Å². The van der Waals surface area contributed by atoms with Crippen LogP contribution in [0.3, 0.4) is 0 Å². The minimum atomic E-state index is 0.110. The topological polar surface area (TPSA) is 47.3 Å². The number of nitrogens with one attached hydrogen (secondary N) is 1. The highest BCUT2D eigenvalue weighted by atomic mass is 16.5. The number of ether oxygens (including phenoxy) is 1. The summed E-state index contributed by atoms with van der Waals surface area (Å²) < 4.78 is 5.22. The van der Waals surface area contributed by atoms with Crippen molar-refractivity contribution in [1.29, 1.82) is 0 Å². The summed E-state index contributed by atoms with van der Waals surface area (Å²) in [5.41, 5.74) is 5.24. The fourth-order valence-corrected chi connectivity index (χ4v) is 1.99. The molecule has 0 aromatic heterocycles. The highest BCUT2D eigenvalue weighted by Gasteiger charge is 2.10. The molecule has 2 rings (SSSR count). The van der Waals surface area contributed by atoms with Crippen LogP contribution >= 0.6 is 0 Å². The Balaban J connectivity index is 2.15. The molecule has 0 radical (unpaired) electrons. The fourth-order valence-electron chi connectivity index (χ4n) is 1.99. The van der Waals surface area contributed by atoms with Crippen LogP contribution in [-0.2, 0) is 6.42 Å². The van der Waals surface area contributed by atoms with E-state index in [-0.39, 0.29) is 6.04 Å². The minimum Gasteiger partial charge on any atom is -0.497 e. The maximum absolute atomic E-state index is 5.64. The van der Waals surface area contributed by atoms with E-state index in [0.717, 1.165) is 12.2 Å². The van der Waals surface area contributed by atoms with Crippen LogP contribution in [0.1, 0.15) is 17.2 Å². The van der Waals surface area contributed by atoms with Crippen molar-refractivity contribution in [1.82, 2.24) is 5.43 Å². The molecule has 0 saturated heterocycles. The Hall–Kier alpha value is -1.84. The van der Waals surface area contributed by atoms with E-state index in [0.29, 0.717) is 0 Å². The molecule has 2 aromatic rings. The van der Waals surface area contributed by atoms with Crippen LogP contribution in [-0.4, -0.2) is 7.11 Å². The van der Waals surface area contributed by atoms with Crippen LogP contribution in [0.15, 0.2) is 54.6 Å². The predicted molar refractivity (Wildman–Crippen MR) is 73.2 cm³/mol. The van der Waals surface area contributed by atoms with E-state index in [4.69, 9.17) is 10.6 Å². The van der Waals surface area contributed by atoms with Crippen molar-refractivity contribution in [2.45, 2.75) is 12.5 Å². The maximum Gasteiger partial charge on any atom is 0.119 e. The predicted octanol–water partition coefficient (Wildman–Crippen LogP) is 2.44. The lowest BCUT2D eigenvalue weighted by atomic mass is 9.99. The van der Waals surface area contributed by atoms with Gasteiger partial charge < -0.3 is 4.74 Å². The third-order valence-electron chi connectivity index (χ3n) is 2.98. The zero-order chi connectivity index (χ0) is 12.8. The molecule has 1 unspecified atom stereocenters. The Morgan fingerprint density at radius 1 is 1.11 bits per heavy atom. The Morgan fingerprint density at radius 3 is 2.56 bits per heavy atom. The first-order valence-corrected chi connectivity index (χ1v) is 5.97. The van der Waals surface area contributed by atoms with Gasteiger partial charge >= 0.3 is 0 Å². The Labute approximate surface area is 108 Å². The van der Waals surface area contributed by atoms with Crippen molar-refractivity contribution in [2.24, 2.45) is 5.84 Å². The van der Waals surface area contributed by atoms with Crippen molar-refractivity contribution in [3.8, 4) is 5.75 Å². The zero-order valence-corrected chi connectivity index (χ0v) is 10.5. The number of hydrazine groups is 1. The average molecular weight is 242 g/mol. The Kier molecular flexibility index (Phi) is 4.34. The highest BCUT2D eigenvalue weighted by Crippen LogP contribution is 2.20. The first kappa shape index (κ1) is 12.6. The van der Waals surface area contributed by atoms with E-state index < -0.39 is 0 Å². The van der Waals surface area contributed by atoms with Crippen LogP contribution in [0.25, 0.3) is 0 Å². The molecule has 1 atom stereocenters. The number of hydrogen-bond acceptors (Lipinski definition) is 3. The van der Waals surface area contributed by atoms with Crippen molar-refractivity contribution < 1.29 is 4.74 Å². The van der Waals surface area contributed by atoms with Crippen molar-refractivity contribution in [3.63, 3.8) is 0 Å². The van der Waals surface area contributed by atoms with E-state index >= 15 is 0 Å². The second-order valence-corrected chi connectivity index (χ2v) is 4.19. The van der Waals surface area contributed by atoms with Crippen LogP contribution < -0.4 is 16.0 Å². The number of nitrogens with two attached hydrogens (primary N) is 1. The summed E-state index contributed by atoms with van der Waals surface area (Å²) in [6.45, 7) is 0. The molecule has 3 N–H and O–H groups in total. The largest absolute Gasteiger partial charge is 0.497 e. The molecule has 0 amide bonds. The van der Waals surface area contributed by atoms with E-state index in [1.54, 1.807) is 7.11 Å². The summed E-state index contributed by atoms with van der Waals surface area (Å²) in [5, 5.41) is 0. The lowest BCUT2D eigenvalue weighted by Gasteiger charge is -2.16. The SMILES string of the molecule is COc1cccc(CC(NN)c2ccccc2)c1. The monoisotopic (exact) mass is 242 g/mol. The van der Waals surface area contributed by atoms with Gasteiger partial charge in [-0.2, -0.15) is 0 Å². The molecule has 0 heterocycles. The number of hydrogen-bond donors (Lipinski definition) is 2. The minimum absolute atomic E-state index is 0.110. The van der Waals surface area contributed by atoms with Gasteiger partial charge in [0.1, 0.15) is 5.75 Å². The van der Waals surface area contributed by atoms with E-state index in [1.165, 1.54) is 11.1 Å². The van der Waals surface area contributed by atoms with Gasteiger partial charge in [-0.05, 0) is 29.7 Å². The molecule has 0 spiro atoms. The van der Waals surface area contributed by atoms with Crippen LogP contribution in [0, 0.1) is 0 Å². The first-order valence-electron chi connectivity index (χ1n) is 5.97. The Bertz CT molecular complexity index is 485. The van der Waals surface area contributed by atoms with Gasteiger partial charge in [-0.25, -0.2) is 0 Å². The molecule has 0 fully saturated rings. The fraction of sp³-hybridized carbons (Fsp3) is 0.200. The summed E-state index contributed by atoms with van der Waals surface area (Å²) in [5.74, 6) is 6.51. The van der Waals surface area contributed by atoms with Gasteiger partial charge in [0.05, 0.1) is 7.11 Å². The maximum atomic E-state index is 5.64. The van der Waals surface area contributed by atoms with Gasteiger partial charge in [0.15, 0.2) is 0 Å². The van der Waals surface area contributed by atoms with Gasteiger partial charge in [0.2, 0.25) is 0 Å². The lowest BCUT2D eigenvalue weighted by molar-refractivity contribution is 0.414. The second kappa shape index (κ2) is 6.19. The number of rotatable bonds is 5. The molecule has 0 saturated carbocycles. The van der Waals surface area contributed by atoms with Gasteiger partial charge in [-0.1, -0.05) is 42.5 Å². The van der Waals surface area contributed by atoms with Crippen LogP contribution in [0.4, 0.5) is 0 Å². The molecule has 0 bridgehead atoms. The van der Waals surface area contributed by atoms with Crippen LogP contribution in [0.5, 0.6) is 5.75 Å². The first-order chi connectivity index (χ1) is 8.83. The summed E-state index contributed by atoms with van der Waals surface area (Å²) in [7, 11) is 1.68. The van der Waals surface area contributed by atoms with Gasteiger partial charge in [0.25, 0.3) is 0 Å². The quantitative estimate of drug-likeness (QED) is 0.625. The standard InChI is InChI=1S/C15H18N2O/c1-18-14-9-5-6-12(10-14)11-15(17-16)13-7-3-2-4-8-13/h2-10,15,17H,11,16H2,1H3. The molecule has 0 aliphatic rings. The van der Waals surface area contributed by atoms with Gasteiger partial charge in [0, 0.05) is 6.04 Å². The molecular formula is C15H18N2O. The van der Waals surface area contributed by atoms with E-state index in [1.807, 2.05) is 36.4 Å². The second-order valence-electron chi connectivity index (χ2n) is 4.19. The molecule has 2 aromatic carbocycles. The third-order valence-corrected chi connectivity index (χ3v) is 2.98.